The molecule has 2 atom stereocenters. The molecule has 4 heterocycles. The van der Waals surface area contributed by atoms with Gasteiger partial charge in [-0.1, -0.05) is 11.3 Å². The summed E-state index contributed by atoms with van der Waals surface area (Å²) in [5, 5.41) is 11.0. The number of nitrogens with two attached hydrogens (primary N) is 1. The van der Waals surface area contributed by atoms with Crippen LogP contribution in [0.15, 0.2) is 6.20 Å². The fourth-order valence-electron chi connectivity index (χ4n) is 4.85. The molecule has 2 aliphatic heterocycles. The zero-order chi connectivity index (χ0) is 27.8. The van der Waals surface area contributed by atoms with Crippen LogP contribution in [-0.2, 0) is 28.4 Å². The second-order valence-corrected chi connectivity index (χ2v) is 9.71. The van der Waals surface area contributed by atoms with Gasteiger partial charge in [-0.25, -0.2) is 4.98 Å². The highest BCUT2D eigenvalue weighted by atomic mass is 32.1. The largest absolute Gasteiger partial charge is 0.435 e. The van der Waals surface area contributed by atoms with Crippen molar-refractivity contribution >= 4 is 34.5 Å². The van der Waals surface area contributed by atoms with Crippen LogP contribution < -0.4 is 10.6 Å². The highest BCUT2D eigenvalue weighted by Gasteiger charge is 2.46. The van der Waals surface area contributed by atoms with Crippen molar-refractivity contribution in [3.8, 4) is 0 Å². The van der Waals surface area contributed by atoms with Crippen molar-refractivity contribution in [3.05, 3.63) is 28.0 Å². The van der Waals surface area contributed by atoms with E-state index in [0.29, 0.717) is 43.5 Å². The average molecular weight is 568 g/mol. The Morgan fingerprint density at radius 3 is 2.45 bits per heavy atom. The summed E-state index contributed by atoms with van der Waals surface area (Å²) in [6.07, 6.45) is -6.86. The number of fused-ring (bicyclic) bond motifs is 1. The van der Waals surface area contributed by atoms with Crippen LogP contribution in [0.4, 0.5) is 31.5 Å². The van der Waals surface area contributed by atoms with Crippen molar-refractivity contribution in [2.24, 2.45) is 5.73 Å². The number of rotatable bonds is 9. The van der Waals surface area contributed by atoms with E-state index in [-0.39, 0.29) is 49.3 Å². The van der Waals surface area contributed by atoms with Crippen molar-refractivity contribution in [1.29, 1.82) is 5.41 Å². The van der Waals surface area contributed by atoms with E-state index in [1.54, 1.807) is 4.90 Å². The van der Waals surface area contributed by atoms with Gasteiger partial charge in [-0.2, -0.15) is 31.4 Å². The van der Waals surface area contributed by atoms with Crippen molar-refractivity contribution in [1.82, 2.24) is 19.7 Å². The van der Waals surface area contributed by atoms with E-state index >= 15 is 0 Å². The normalized spacial score (nSPS) is 19.7. The summed E-state index contributed by atoms with van der Waals surface area (Å²) in [7, 11) is 0. The number of primary amides is 1. The Hall–Kier alpha value is -3.21. The minimum Gasteiger partial charge on any atom is -0.379 e. The number of aromatic nitrogens is 3. The van der Waals surface area contributed by atoms with Gasteiger partial charge in [0.15, 0.2) is 10.8 Å². The van der Waals surface area contributed by atoms with Crippen molar-refractivity contribution in [2.75, 3.05) is 31.2 Å². The lowest BCUT2D eigenvalue weighted by atomic mass is 10.1. The maximum absolute atomic E-state index is 13.2. The second-order valence-electron chi connectivity index (χ2n) is 8.70. The first-order valence-corrected chi connectivity index (χ1v) is 12.3. The number of ether oxygens (including phenoxy) is 1. The van der Waals surface area contributed by atoms with Crippen LogP contribution in [0, 0.1) is 5.41 Å². The van der Waals surface area contributed by atoms with Gasteiger partial charge < -0.3 is 25.7 Å². The summed E-state index contributed by atoms with van der Waals surface area (Å²) in [5.41, 5.74) is 2.26. The van der Waals surface area contributed by atoms with Gasteiger partial charge in [0.1, 0.15) is 4.88 Å². The first-order chi connectivity index (χ1) is 17.8. The molecule has 0 saturated carbocycles. The van der Waals surface area contributed by atoms with Crippen LogP contribution in [0.25, 0.3) is 0 Å². The van der Waals surface area contributed by atoms with Gasteiger partial charge in [0.25, 0.3) is 5.91 Å². The molecule has 0 aliphatic carbocycles. The predicted molar refractivity (Wildman–Crippen MR) is 122 cm³/mol. The monoisotopic (exact) mass is 567 g/mol. The molecule has 2 fully saturated rings. The first kappa shape index (κ1) is 27.8. The first-order valence-electron chi connectivity index (χ1n) is 11.5. The van der Waals surface area contributed by atoms with E-state index in [2.05, 4.69) is 10.1 Å². The van der Waals surface area contributed by atoms with Gasteiger partial charge in [0.2, 0.25) is 5.91 Å². The minimum atomic E-state index is -4.94. The Kier molecular flexibility index (Phi) is 7.69. The standard InChI is InChI=1S/C21H23F6N7O3S/c22-20(23,24)14-10-30-19(38-14)33-5-2-11-12(33)1-4-32(11)15(35)3-7-37-8-6-34-13(9-28)16(18(29)36)17(31-34)21(25,26)27/h9-12,28H,1-8H2,(H2,29,36)/t11-,12-/m1/s1. The van der Waals surface area contributed by atoms with E-state index in [9.17, 15) is 35.9 Å². The summed E-state index contributed by atoms with van der Waals surface area (Å²) < 4.78 is 84.6. The van der Waals surface area contributed by atoms with E-state index in [1.165, 1.54) is 0 Å². The zero-order valence-electron chi connectivity index (χ0n) is 19.7. The topological polar surface area (TPSA) is 130 Å². The van der Waals surface area contributed by atoms with Gasteiger partial charge in [-0.15, -0.1) is 0 Å². The Labute approximate surface area is 215 Å². The van der Waals surface area contributed by atoms with Gasteiger partial charge >= 0.3 is 12.4 Å². The number of alkyl halides is 6. The van der Waals surface area contributed by atoms with Crippen molar-refractivity contribution in [3.63, 3.8) is 0 Å². The van der Waals surface area contributed by atoms with E-state index in [4.69, 9.17) is 15.9 Å². The molecule has 0 spiro atoms. The van der Waals surface area contributed by atoms with Gasteiger partial charge in [0, 0.05) is 19.3 Å². The maximum atomic E-state index is 13.2. The molecule has 2 saturated heterocycles. The predicted octanol–water partition coefficient (Wildman–Crippen LogP) is 2.76. The van der Waals surface area contributed by atoms with Crippen LogP contribution in [0.5, 0.6) is 0 Å². The summed E-state index contributed by atoms with van der Waals surface area (Å²) in [6.45, 7) is 0.526. The summed E-state index contributed by atoms with van der Waals surface area (Å²) >= 11 is 0.578. The fraction of sp³-hybridized carbons (Fsp3) is 0.571. The third-order valence-corrected chi connectivity index (χ3v) is 7.55. The smallest absolute Gasteiger partial charge is 0.379 e. The summed E-state index contributed by atoms with van der Waals surface area (Å²) in [4.78, 5) is 30.9. The summed E-state index contributed by atoms with van der Waals surface area (Å²) in [5.74, 6) is -1.57. The number of carbonyl (C=O) groups excluding carboxylic acids is 2. The molecule has 0 aromatic carbocycles. The van der Waals surface area contributed by atoms with E-state index < -0.39 is 40.1 Å². The molecule has 2 aromatic rings. The number of nitrogens with one attached hydrogen (secondary N) is 1. The molecule has 2 aromatic heterocycles. The lowest BCUT2D eigenvalue weighted by Gasteiger charge is -2.25. The molecule has 0 radical (unpaired) electrons. The Bertz CT molecular complexity index is 1210. The summed E-state index contributed by atoms with van der Waals surface area (Å²) in [6, 6.07) is -0.290. The molecular weight excluding hydrogens is 544 g/mol. The molecule has 2 aliphatic rings. The van der Waals surface area contributed by atoms with Gasteiger partial charge in [-0.05, 0) is 12.8 Å². The van der Waals surface area contributed by atoms with Crippen LogP contribution in [0.1, 0.15) is 45.9 Å². The van der Waals surface area contributed by atoms with E-state index in [0.717, 1.165) is 10.9 Å². The average Bonchev–Trinajstić information content (AvgIpc) is 3.59. The third-order valence-electron chi connectivity index (χ3n) is 6.47. The lowest BCUT2D eigenvalue weighted by Crippen LogP contribution is -2.40. The number of carbonyl (C=O) groups is 2. The Morgan fingerprint density at radius 2 is 1.84 bits per heavy atom. The number of anilines is 1. The molecule has 208 valence electrons. The number of hydrogen-bond acceptors (Lipinski definition) is 8. The molecule has 4 rings (SSSR count). The highest BCUT2D eigenvalue weighted by molar-refractivity contribution is 7.15. The van der Waals surface area contributed by atoms with Crippen molar-refractivity contribution < 1.29 is 40.7 Å². The van der Waals surface area contributed by atoms with Crippen LogP contribution in [-0.4, -0.2) is 76.1 Å². The van der Waals surface area contributed by atoms with Gasteiger partial charge in [-0.3, -0.25) is 14.3 Å². The lowest BCUT2D eigenvalue weighted by molar-refractivity contribution is -0.142. The molecule has 0 unspecified atom stereocenters. The third kappa shape index (κ3) is 5.48. The molecule has 38 heavy (non-hydrogen) atoms. The Balaban J connectivity index is 1.28. The second kappa shape index (κ2) is 10.5. The maximum Gasteiger partial charge on any atom is 0.435 e. The minimum absolute atomic E-state index is 0.00440. The molecular formula is C21H23F6N7O3S. The zero-order valence-corrected chi connectivity index (χ0v) is 20.5. The SMILES string of the molecule is N=Cc1c(C(N)=O)c(C(F)(F)F)nn1CCOCCC(=O)N1CC[C@@H]2[C@H]1CCN2c1ncc(C(F)(F)F)s1. The molecule has 3 N–H and O–H groups in total. The number of amides is 2. The van der Waals surface area contributed by atoms with Gasteiger partial charge in [0.05, 0.1) is 55.7 Å². The molecule has 10 nitrogen and oxygen atoms in total. The Morgan fingerprint density at radius 1 is 1.13 bits per heavy atom. The quantitative estimate of drug-likeness (QED) is 0.272. The number of nitrogens with zero attached hydrogens (tertiary/aromatic N) is 5. The fourth-order valence-corrected chi connectivity index (χ4v) is 5.72. The van der Waals surface area contributed by atoms with Crippen LogP contribution >= 0.6 is 11.3 Å². The number of likely N-dealkylation sites (tertiary alicyclic amines) is 1. The molecule has 2 amide bonds. The van der Waals surface area contributed by atoms with Crippen LogP contribution in [0.3, 0.4) is 0 Å². The van der Waals surface area contributed by atoms with E-state index in [1.807, 2.05) is 4.90 Å². The molecule has 17 heteroatoms. The number of hydrogen-bond donors (Lipinski definition) is 2. The molecule has 0 bridgehead atoms. The number of halogens is 6. The van der Waals surface area contributed by atoms with Crippen molar-refractivity contribution in [2.45, 2.75) is 50.2 Å². The van der Waals surface area contributed by atoms with Crippen LogP contribution in [0.2, 0.25) is 0 Å². The number of thiazole rings is 1. The highest BCUT2D eigenvalue weighted by Crippen LogP contribution is 2.41.